The first kappa shape index (κ1) is 16.8. The van der Waals surface area contributed by atoms with Gasteiger partial charge in [0, 0.05) is 4.90 Å². The molecule has 24 heavy (non-hydrogen) atoms. The van der Waals surface area contributed by atoms with Crippen molar-refractivity contribution in [2.45, 2.75) is 18.7 Å². The van der Waals surface area contributed by atoms with E-state index in [1.54, 1.807) is 18.9 Å². The molecule has 0 saturated carbocycles. The van der Waals surface area contributed by atoms with Gasteiger partial charge in [-0.25, -0.2) is 4.98 Å². The topological polar surface area (TPSA) is 51.2 Å². The van der Waals surface area contributed by atoms with E-state index in [0.29, 0.717) is 16.4 Å². The van der Waals surface area contributed by atoms with Crippen molar-refractivity contribution in [2.75, 3.05) is 18.2 Å². The summed E-state index contributed by atoms with van der Waals surface area (Å²) in [5.41, 5.74) is 2.58. The molecule has 124 valence electrons. The number of hydrogen-bond donors (Lipinski definition) is 1. The molecule has 3 aromatic rings. The number of rotatable bonds is 5. The molecule has 0 atom stereocenters. The van der Waals surface area contributed by atoms with Crippen LogP contribution in [-0.4, -0.2) is 23.8 Å². The van der Waals surface area contributed by atoms with Crippen LogP contribution in [-0.2, 0) is 0 Å². The fourth-order valence-corrected chi connectivity index (χ4v) is 4.18. The predicted octanol–water partition coefficient (Wildman–Crippen LogP) is 4.98. The number of aromatic nitrogens is 1. The fraction of sp³-hybridized carbons (Fsp3) is 0.222. The lowest BCUT2D eigenvalue weighted by molar-refractivity contribution is 0.102. The number of methoxy groups -OCH3 is 1. The van der Waals surface area contributed by atoms with Gasteiger partial charge in [0.2, 0.25) is 0 Å². The molecule has 1 N–H and O–H groups in total. The number of fused-ring (bicyclic) bond motifs is 1. The number of nitrogens with zero attached hydrogens (tertiary/aromatic N) is 1. The van der Waals surface area contributed by atoms with E-state index in [1.165, 1.54) is 11.3 Å². The van der Waals surface area contributed by atoms with Crippen LogP contribution in [0.3, 0.4) is 0 Å². The minimum atomic E-state index is -0.137. The highest BCUT2D eigenvalue weighted by atomic mass is 32.2. The molecule has 1 amide bonds. The molecule has 1 aromatic heterocycles. The van der Waals surface area contributed by atoms with Crippen molar-refractivity contribution >= 4 is 44.4 Å². The first-order chi connectivity index (χ1) is 11.6. The van der Waals surface area contributed by atoms with Gasteiger partial charge < -0.3 is 4.74 Å². The zero-order valence-corrected chi connectivity index (χ0v) is 15.4. The number of nitrogens with one attached hydrogen (secondary N) is 1. The molecule has 0 spiro atoms. The summed E-state index contributed by atoms with van der Waals surface area (Å²) < 4.78 is 6.39. The van der Waals surface area contributed by atoms with Crippen LogP contribution in [0, 0.1) is 6.92 Å². The largest absolute Gasteiger partial charge is 0.494 e. The number of aryl methyl sites for hydroxylation is 1. The van der Waals surface area contributed by atoms with E-state index >= 15 is 0 Å². The summed E-state index contributed by atoms with van der Waals surface area (Å²) in [6.45, 7) is 4.10. The summed E-state index contributed by atoms with van der Waals surface area (Å²) in [4.78, 5) is 18.2. The molecule has 2 aromatic carbocycles. The van der Waals surface area contributed by atoms with E-state index in [2.05, 4.69) is 17.2 Å². The second-order valence-corrected chi connectivity index (χ2v) is 7.47. The molecule has 0 fully saturated rings. The highest BCUT2D eigenvalue weighted by Gasteiger charge is 2.16. The number of hydrogen-bond acceptors (Lipinski definition) is 5. The highest BCUT2D eigenvalue weighted by molar-refractivity contribution is 7.99. The van der Waals surface area contributed by atoms with Gasteiger partial charge in [-0.2, -0.15) is 0 Å². The molecule has 3 rings (SSSR count). The van der Waals surface area contributed by atoms with Gasteiger partial charge in [0.15, 0.2) is 5.13 Å². The minimum Gasteiger partial charge on any atom is -0.494 e. The zero-order valence-electron chi connectivity index (χ0n) is 13.8. The summed E-state index contributed by atoms with van der Waals surface area (Å²) in [5.74, 6) is 1.50. The van der Waals surface area contributed by atoms with Crippen molar-refractivity contribution < 1.29 is 9.53 Å². The number of thioether (sulfide) groups is 1. The number of amides is 1. The van der Waals surface area contributed by atoms with Gasteiger partial charge >= 0.3 is 0 Å². The molecule has 0 bridgehead atoms. The maximum Gasteiger partial charge on any atom is 0.258 e. The summed E-state index contributed by atoms with van der Waals surface area (Å²) >= 11 is 3.12. The van der Waals surface area contributed by atoms with E-state index in [4.69, 9.17) is 4.74 Å². The van der Waals surface area contributed by atoms with Crippen molar-refractivity contribution in [1.82, 2.24) is 4.98 Å². The molecular weight excluding hydrogens is 340 g/mol. The van der Waals surface area contributed by atoms with E-state index < -0.39 is 0 Å². The molecule has 0 saturated heterocycles. The standard InChI is InChI=1S/C18H18N2O2S2/c1-4-23-14-8-6-5-7-12(14)17(21)20-18-19-15-13(22-3)10-9-11(2)16(15)24-18/h5-10H,4H2,1-3H3,(H,19,20,21). The molecule has 0 unspecified atom stereocenters. The Labute approximate surface area is 149 Å². The lowest BCUT2D eigenvalue weighted by Gasteiger charge is -2.07. The first-order valence-electron chi connectivity index (χ1n) is 7.61. The van der Waals surface area contributed by atoms with Crippen LogP contribution < -0.4 is 10.1 Å². The third-order valence-electron chi connectivity index (χ3n) is 3.58. The Morgan fingerprint density at radius 2 is 2.08 bits per heavy atom. The summed E-state index contributed by atoms with van der Waals surface area (Å²) in [5, 5.41) is 3.51. The normalized spacial score (nSPS) is 10.8. The molecule has 4 nitrogen and oxygen atoms in total. The molecule has 0 aliphatic heterocycles. The average Bonchev–Trinajstić information content (AvgIpc) is 3.00. The van der Waals surface area contributed by atoms with Gasteiger partial charge in [0.25, 0.3) is 5.91 Å². The molecule has 1 heterocycles. The van der Waals surface area contributed by atoms with Crippen molar-refractivity contribution in [3.8, 4) is 5.75 Å². The third-order valence-corrected chi connectivity index (χ3v) is 5.64. The van der Waals surface area contributed by atoms with Gasteiger partial charge in [-0.15, -0.1) is 11.8 Å². The van der Waals surface area contributed by atoms with E-state index in [-0.39, 0.29) is 5.91 Å². The Balaban J connectivity index is 1.93. The Bertz CT molecular complexity index is 890. The summed E-state index contributed by atoms with van der Waals surface area (Å²) in [6.07, 6.45) is 0. The summed E-state index contributed by atoms with van der Waals surface area (Å²) in [6, 6.07) is 11.5. The number of carbonyl (C=O) groups excluding carboxylic acids is 1. The van der Waals surface area contributed by atoms with Crippen LogP contribution in [0.5, 0.6) is 5.75 Å². The van der Waals surface area contributed by atoms with E-state index in [0.717, 1.165) is 26.4 Å². The Morgan fingerprint density at radius 1 is 1.29 bits per heavy atom. The number of ether oxygens (including phenoxy) is 1. The number of benzene rings is 2. The molecule has 6 heteroatoms. The minimum absolute atomic E-state index is 0.137. The van der Waals surface area contributed by atoms with Crippen LogP contribution in [0.1, 0.15) is 22.8 Å². The third kappa shape index (κ3) is 3.25. The number of carbonyl (C=O) groups is 1. The molecule has 0 aliphatic rings. The van der Waals surface area contributed by atoms with E-state index in [9.17, 15) is 4.79 Å². The van der Waals surface area contributed by atoms with Crippen LogP contribution >= 0.6 is 23.1 Å². The van der Waals surface area contributed by atoms with Gasteiger partial charge in [-0.3, -0.25) is 10.1 Å². The molecule has 0 radical (unpaired) electrons. The number of anilines is 1. The Kier molecular flexibility index (Phi) is 5.06. The predicted molar refractivity (Wildman–Crippen MR) is 102 cm³/mol. The second kappa shape index (κ2) is 7.23. The fourth-order valence-electron chi connectivity index (χ4n) is 2.43. The zero-order chi connectivity index (χ0) is 17.1. The maximum absolute atomic E-state index is 12.6. The first-order valence-corrected chi connectivity index (χ1v) is 9.41. The van der Waals surface area contributed by atoms with Gasteiger partial charge in [0.05, 0.1) is 17.4 Å². The monoisotopic (exact) mass is 358 g/mol. The summed E-state index contributed by atoms with van der Waals surface area (Å²) in [7, 11) is 1.62. The van der Waals surface area contributed by atoms with Crippen LogP contribution in [0.25, 0.3) is 10.2 Å². The SMILES string of the molecule is CCSc1ccccc1C(=O)Nc1nc2c(OC)ccc(C)c2s1. The van der Waals surface area contributed by atoms with Gasteiger partial charge in [-0.1, -0.05) is 36.5 Å². The Hall–Kier alpha value is -2.05. The number of thiazole rings is 1. The van der Waals surface area contributed by atoms with Crippen LogP contribution in [0.2, 0.25) is 0 Å². The van der Waals surface area contributed by atoms with Gasteiger partial charge in [0.1, 0.15) is 11.3 Å². The van der Waals surface area contributed by atoms with Crippen molar-refractivity contribution in [3.05, 3.63) is 47.5 Å². The van der Waals surface area contributed by atoms with Crippen molar-refractivity contribution in [2.24, 2.45) is 0 Å². The quantitative estimate of drug-likeness (QED) is 0.654. The van der Waals surface area contributed by atoms with Crippen molar-refractivity contribution in [3.63, 3.8) is 0 Å². The van der Waals surface area contributed by atoms with Gasteiger partial charge in [-0.05, 0) is 36.4 Å². The highest BCUT2D eigenvalue weighted by Crippen LogP contribution is 2.35. The molecule has 0 aliphatic carbocycles. The van der Waals surface area contributed by atoms with Crippen molar-refractivity contribution in [1.29, 1.82) is 0 Å². The molecular formula is C18H18N2O2S2. The second-order valence-electron chi connectivity index (χ2n) is 5.16. The maximum atomic E-state index is 12.6. The Morgan fingerprint density at radius 3 is 2.83 bits per heavy atom. The lowest BCUT2D eigenvalue weighted by atomic mass is 10.2. The smallest absolute Gasteiger partial charge is 0.258 e. The lowest BCUT2D eigenvalue weighted by Crippen LogP contribution is -2.12. The van der Waals surface area contributed by atoms with E-state index in [1.807, 2.05) is 43.3 Å². The van der Waals surface area contributed by atoms with Crippen LogP contribution in [0.15, 0.2) is 41.3 Å². The average molecular weight is 358 g/mol. The van der Waals surface area contributed by atoms with Crippen LogP contribution in [0.4, 0.5) is 5.13 Å².